The molecule has 0 aliphatic rings. The van der Waals surface area contributed by atoms with Crippen molar-refractivity contribution in [2.24, 2.45) is 0 Å². The number of hydrogen-bond donors (Lipinski definition) is 1. The molecule has 0 saturated heterocycles. The van der Waals surface area contributed by atoms with Gasteiger partial charge in [-0.05, 0) is 32.9 Å². The van der Waals surface area contributed by atoms with E-state index in [1.807, 2.05) is 13.8 Å². The Bertz CT molecular complexity index is 1280. The number of aryl methyl sites for hydroxylation is 2. The summed E-state index contributed by atoms with van der Waals surface area (Å²) >= 11 is 0. The van der Waals surface area contributed by atoms with Gasteiger partial charge in [0.05, 0.1) is 30.9 Å². The first-order valence-electron chi connectivity index (χ1n) is 10.5. The van der Waals surface area contributed by atoms with E-state index < -0.39 is 11.0 Å². The lowest BCUT2D eigenvalue weighted by Gasteiger charge is -2.18. The van der Waals surface area contributed by atoms with Gasteiger partial charge in [0.25, 0.3) is 0 Å². The van der Waals surface area contributed by atoms with Gasteiger partial charge >= 0.3 is 0 Å². The number of methoxy groups -OCH3 is 2. The van der Waals surface area contributed by atoms with Crippen LogP contribution in [0.15, 0.2) is 41.2 Å². The van der Waals surface area contributed by atoms with E-state index in [0.29, 0.717) is 40.9 Å². The summed E-state index contributed by atoms with van der Waals surface area (Å²) in [5, 5.41) is 12.3. The maximum atomic E-state index is 13.2. The second-order valence-corrected chi connectivity index (χ2v) is 9.18. The van der Waals surface area contributed by atoms with Crippen LogP contribution in [-0.4, -0.2) is 53.6 Å². The summed E-state index contributed by atoms with van der Waals surface area (Å²) in [4.78, 5) is 8.61. The van der Waals surface area contributed by atoms with Crippen molar-refractivity contribution < 1.29 is 18.2 Å². The van der Waals surface area contributed by atoms with Gasteiger partial charge < -0.3 is 14.0 Å². The molecule has 1 N–H and O–H groups in total. The predicted octanol–water partition coefficient (Wildman–Crippen LogP) is 3.05. The Morgan fingerprint density at radius 2 is 1.85 bits per heavy atom. The summed E-state index contributed by atoms with van der Waals surface area (Å²) in [7, 11) is 1.58. The molecule has 3 aromatic heterocycles. The number of nitrogens with zero attached hydrogens (tertiary/aromatic N) is 6. The van der Waals surface area contributed by atoms with E-state index in [0.717, 1.165) is 11.4 Å². The van der Waals surface area contributed by atoms with Gasteiger partial charge in [0.15, 0.2) is 11.5 Å². The first-order valence-corrected chi connectivity index (χ1v) is 11.7. The van der Waals surface area contributed by atoms with Crippen molar-refractivity contribution in [3.8, 4) is 28.7 Å². The van der Waals surface area contributed by atoms with Gasteiger partial charge in [0, 0.05) is 24.9 Å². The number of ether oxygens (including phenoxy) is 2. The molecule has 4 aromatic rings. The Morgan fingerprint density at radius 1 is 1.12 bits per heavy atom. The Kier molecular flexibility index (Phi) is 6.87. The lowest BCUT2D eigenvalue weighted by Crippen LogP contribution is -2.23. The summed E-state index contributed by atoms with van der Waals surface area (Å²) in [6, 6.07) is 7.12. The van der Waals surface area contributed by atoms with Crippen LogP contribution in [0, 0.1) is 13.8 Å². The van der Waals surface area contributed by atoms with Crippen LogP contribution in [0.5, 0.6) is 11.5 Å². The van der Waals surface area contributed by atoms with Gasteiger partial charge in [0.2, 0.25) is 5.95 Å². The molecule has 178 valence electrons. The lowest BCUT2D eigenvalue weighted by molar-refractivity contribution is 0.390. The monoisotopic (exact) mass is 483 g/mol. The third-order valence-corrected chi connectivity index (χ3v) is 6.32. The molecule has 1 aromatic carbocycles. The summed E-state index contributed by atoms with van der Waals surface area (Å²) in [6.07, 6.45) is 3.85. The minimum absolute atomic E-state index is 0.235. The van der Waals surface area contributed by atoms with Crippen LogP contribution in [0.3, 0.4) is 0 Å². The second-order valence-electron chi connectivity index (χ2n) is 7.58. The number of hydrogen-bond acceptors (Lipinski definition) is 9. The van der Waals surface area contributed by atoms with Gasteiger partial charge in [-0.2, -0.15) is 0 Å². The normalized spacial score (nSPS) is 12.9. The number of aromatic nitrogens is 6. The highest BCUT2D eigenvalue weighted by Crippen LogP contribution is 2.37. The zero-order valence-electron chi connectivity index (χ0n) is 19.5. The van der Waals surface area contributed by atoms with Crippen molar-refractivity contribution in [3.05, 3.63) is 53.8 Å². The Labute approximate surface area is 199 Å². The molecule has 11 nitrogen and oxygen atoms in total. The van der Waals surface area contributed by atoms with E-state index >= 15 is 0 Å². The van der Waals surface area contributed by atoms with Crippen molar-refractivity contribution in [2.45, 2.75) is 32.4 Å². The van der Waals surface area contributed by atoms with Gasteiger partial charge in [0.1, 0.15) is 33.9 Å². The first kappa shape index (κ1) is 23.4. The fourth-order valence-electron chi connectivity index (χ4n) is 3.34. The minimum atomic E-state index is -1.53. The van der Waals surface area contributed by atoms with E-state index in [2.05, 4.69) is 30.0 Å². The molecule has 0 amide bonds. The highest BCUT2D eigenvalue weighted by Gasteiger charge is 2.26. The van der Waals surface area contributed by atoms with Crippen molar-refractivity contribution in [3.63, 3.8) is 0 Å². The third-order valence-electron chi connectivity index (χ3n) is 5.03. The van der Waals surface area contributed by atoms with Crippen molar-refractivity contribution in [1.82, 2.24) is 29.9 Å². The molecule has 2 atom stereocenters. The molecule has 0 aliphatic heterocycles. The maximum Gasteiger partial charge on any atom is 0.241 e. The quantitative estimate of drug-likeness (QED) is 0.382. The lowest BCUT2D eigenvalue weighted by atomic mass is 10.2. The molecule has 0 spiro atoms. The zero-order valence-corrected chi connectivity index (χ0v) is 20.3. The fourth-order valence-corrected chi connectivity index (χ4v) is 4.17. The largest absolute Gasteiger partial charge is 0.494 e. The smallest absolute Gasteiger partial charge is 0.241 e. The molecule has 34 heavy (non-hydrogen) atoms. The van der Waals surface area contributed by atoms with E-state index in [-0.39, 0.29) is 11.2 Å². The molecule has 0 aliphatic carbocycles. The molecule has 0 fully saturated rings. The van der Waals surface area contributed by atoms with E-state index in [9.17, 15) is 4.21 Å². The topological polar surface area (TPSA) is 130 Å². The van der Waals surface area contributed by atoms with Crippen LogP contribution >= 0.6 is 0 Å². The molecule has 0 radical (unpaired) electrons. The van der Waals surface area contributed by atoms with Crippen LogP contribution in [0.25, 0.3) is 17.2 Å². The number of anilines is 1. The zero-order chi connectivity index (χ0) is 24.2. The Morgan fingerprint density at radius 3 is 2.44 bits per heavy atom. The third kappa shape index (κ3) is 4.76. The highest BCUT2D eigenvalue weighted by molar-refractivity contribution is 7.86. The van der Waals surface area contributed by atoms with E-state index in [1.54, 1.807) is 62.4 Å². The van der Waals surface area contributed by atoms with E-state index in [4.69, 9.17) is 14.0 Å². The van der Waals surface area contributed by atoms with Crippen molar-refractivity contribution in [1.29, 1.82) is 0 Å². The SMILES string of the molecule is COc1cccc(OC)c1-n1c(NS(=O)C(C)Cc2cnc(C)cn2)nnc1-c1cc(C)on1. The fraction of sp³-hybridized carbons (Fsp3) is 0.318. The Balaban J connectivity index is 1.73. The van der Waals surface area contributed by atoms with Crippen LogP contribution in [0.1, 0.15) is 24.1 Å². The molecule has 0 bridgehead atoms. The van der Waals surface area contributed by atoms with Gasteiger partial charge in [-0.3, -0.25) is 19.3 Å². The summed E-state index contributed by atoms with van der Waals surface area (Å²) in [5.74, 6) is 2.24. The standard InChI is InChI=1S/C22H25N7O4S/c1-13-11-24-16(12-23-13)10-15(3)34(30)28-22-26-25-21(17-9-14(2)33-27-17)29(22)20-18(31-4)7-6-8-19(20)32-5/h6-9,11-12,15H,10H2,1-5H3,(H,26,28). The minimum Gasteiger partial charge on any atom is -0.494 e. The number of nitrogens with one attached hydrogen (secondary N) is 1. The average molecular weight is 484 g/mol. The second kappa shape index (κ2) is 10.00. The van der Waals surface area contributed by atoms with Crippen molar-refractivity contribution >= 4 is 16.9 Å². The number of rotatable bonds is 9. The molecule has 3 heterocycles. The molecule has 4 rings (SSSR count). The van der Waals surface area contributed by atoms with Crippen LogP contribution in [-0.2, 0) is 17.4 Å². The van der Waals surface area contributed by atoms with Gasteiger partial charge in [-0.15, -0.1) is 10.2 Å². The van der Waals surface area contributed by atoms with Gasteiger partial charge in [-0.1, -0.05) is 11.2 Å². The summed E-state index contributed by atoms with van der Waals surface area (Å²) in [6.45, 7) is 5.51. The van der Waals surface area contributed by atoms with Crippen LogP contribution < -0.4 is 14.2 Å². The molecule has 2 unspecified atom stereocenters. The molecular formula is C22H25N7O4S. The average Bonchev–Trinajstić information content (AvgIpc) is 3.45. The van der Waals surface area contributed by atoms with Gasteiger partial charge in [-0.25, -0.2) is 4.21 Å². The number of para-hydroxylation sites is 1. The Hall–Kier alpha value is -3.80. The molecular weight excluding hydrogens is 458 g/mol. The van der Waals surface area contributed by atoms with E-state index in [1.165, 1.54) is 0 Å². The highest BCUT2D eigenvalue weighted by atomic mass is 32.2. The summed E-state index contributed by atoms with van der Waals surface area (Å²) in [5.41, 5.74) is 2.56. The molecule has 0 saturated carbocycles. The first-order chi connectivity index (χ1) is 16.4. The summed E-state index contributed by atoms with van der Waals surface area (Å²) < 4.78 is 34.3. The number of benzene rings is 1. The predicted molar refractivity (Wildman–Crippen MR) is 126 cm³/mol. The van der Waals surface area contributed by atoms with Crippen molar-refractivity contribution in [2.75, 3.05) is 18.9 Å². The van der Waals surface area contributed by atoms with Crippen LogP contribution in [0.2, 0.25) is 0 Å². The van der Waals surface area contributed by atoms with Crippen LogP contribution in [0.4, 0.5) is 5.95 Å². The molecule has 12 heteroatoms. The maximum absolute atomic E-state index is 13.2.